The highest BCUT2D eigenvalue weighted by Gasteiger charge is 2.28. The van der Waals surface area contributed by atoms with Crippen LogP contribution in [-0.2, 0) is 11.3 Å². The number of aliphatic hydroxyl groups excluding tert-OH is 1. The summed E-state index contributed by atoms with van der Waals surface area (Å²) < 4.78 is 6.01. The third-order valence-electron chi connectivity index (χ3n) is 4.85. The van der Waals surface area contributed by atoms with Crippen LogP contribution in [0.4, 0.5) is 11.4 Å². The first-order valence-electron chi connectivity index (χ1n) is 8.88. The fourth-order valence-corrected chi connectivity index (χ4v) is 3.40. The molecular weight excluding hydrogens is 332 g/mol. The van der Waals surface area contributed by atoms with Crippen LogP contribution in [0.3, 0.4) is 0 Å². The van der Waals surface area contributed by atoms with E-state index in [1.54, 1.807) is 12.1 Å². The Hall–Kier alpha value is -2.44. The highest BCUT2D eigenvalue weighted by Crippen LogP contribution is 2.35. The summed E-state index contributed by atoms with van der Waals surface area (Å²) in [4.78, 5) is 10.9. The number of hydrogen-bond acceptors (Lipinski definition) is 5. The smallest absolute Gasteiger partial charge is 0.292 e. The number of nitrogens with zero attached hydrogens (tertiary/aromatic N) is 1. The van der Waals surface area contributed by atoms with Gasteiger partial charge in [0.25, 0.3) is 5.69 Å². The molecule has 0 bridgehead atoms. The first-order chi connectivity index (χ1) is 12.6. The summed E-state index contributed by atoms with van der Waals surface area (Å²) in [6, 6.07) is 13.0. The molecule has 0 aliphatic carbocycles. The minimum absolute atomic E-state index is 0.0167. The topological polar surface area (TPSA) is 84.6 Å². The zero-order valence-corrected chi connectivity index (χ0v) is 14.9. The van der Waals surface area contributed by atoms with E-state index in [0.717, 1.165) is 25.0 Å². The molecule has 2 aromatic carbocycles. The van der Waals surface area contributed by atoms with Gasteiger partial charge in [0.15, 0.2) is 0 Å². The van der Waals surface area contributed by atoms with Crippen LogP contribution >= 0.6 is 0 Å². The SMILES string of the molecule is Cc1ccc(C2OCCCC2CNc2cc(CO)ccc2[N+](=O)[O-])cc1. The Balaban J connectivity index is 1.76. The number of rotatable bonds is 6. The number of hydrogen-bond donors (Lipinski definition) is 2. The normalized spacial score (nSPS) is 19.9. The van der Waals surface area contributed by atoms with E-state index < -0.39 is 4.92 Å². The van der Waals surface area contributed by atoms with Crippen LogP contribution in [0.1, 0.15) is 35.6 Å². The van der Waals surface area contributed by atoms with Gasteiger partial charge in [0, 0.05) is 25.1 Å². The molecule has 0 aromatic heterocycles. The Morgan fingerprint density at radius 1 is 1.27 bits per heavy atom. The second-order valence-corrected chi connectivity index (χ2v) is 6.75. The largest absolute Gasteiger partial charge is 0.392 e. The molecule has 0 amide bonds. The summed E-state index contributed by atoms with van der Waals surface area (Å²) in [7, 11) is 0. The maximum Gasteiger partial charge on any atom is 0.292 e. The quantitative estimate of drug-likeness (QED) is 0.604. The molecule has 2 atom stereocenters. The highest BCUT2D eigenvalue weighted by molar-refractivity contribution is 5.62. The van der Waals surface area contributed by atoms with Crippen LogP contribution in [0, 0.1) is 23.0 Å². The first-order valence-corrected chi connectivity index (χ1v) is 8.88. The van der Waals surface area contributed by atoms with E-state index in [-0.39, 0.29) is 24.3 Å². The molecule has 6 nitrogen and oxygen atoms in total. The molecule has 1 aliphatic heterocycles. The highest BCUT2D eigenvalue weighted by atomic mass is 16.6. The van der Waals surface area contributed by atoms with Gasteiger partial charge in [-0.3, -0.25) is 10.1 Å². The van der Waals surface area contributed by atoms with Gasteiger partial charge in [-0.2, -0.15) is 0 Å². The van der Waals surface area contributed by atoms with E-state index in [4.69, 9.17) is 4.74 Å². The Kier molecular flexibility index (Phi) is 5.85. The molecule has 0 radical (unpaired) electrons. The molecule has 2 aromatic rings. The van der Waals surface area contributed by atoms with E-state index >= 15 is 0 Å². The fraction of sp³-hybridized carbons (Fsp3) is 0.400. The Morgan fingerprint density at radius 2 is 2.04 bits per heavy atom. The van der Waals surface area contributed by atoms with Gasteiger partial charge in [0.05, 0.1) is 17.6 Å². The maximum atomic E-state index is 11.3. The van der Waals surface area contributed by atoms with Crippen LogP contribution in [0.15, 0.2) is 42.5 Å². The first kappa shape index (κ1) is 18.4. The van der Waals surface area contributed by atoms with Gasteiger partial charge in [-0.05, 0) is 43.0 Å². The van der Waals surface area contributed by atoms with E-state index in [1.807, 2.05) is 0 Å². The zero-order chi connectivity index (χ0) is 18.5. The molecule has 0 spiro atoms. The molecule has 26 heavy (non-hydrogen) atoms. The fourth-order valence-electron chi connectivity index (χ4n) is 3.40. The molecule has 0 saturated carbocycles. The van der Waals surface area contributed by atoms with Crippen molar-refractivity contribution in [3.63, 3.8) is 0 Å². The lowest BCUT2D eigenvalue weighted by Gasteiger charge is -2.32. The Bertz CT molecular complexity index is 761. The van der Waals surface area contributed by atoms with Gasteiger partial charge in [0.1, 0.15) is 5.69 Å². The number of nitrogens with one attached hydrogen (secondary N) is 1. The lowest BCUT2D eigenvalue weighted by molar-refractivity contribution is -0.384. The number of aliphatic hydroxyl groups is 1. The van der Waals surface area contributed by atoms with Gasteiger partial charge in [-0.1, -0.05) is 29.8 Å². The molecule has 138 valence electrons. The average Bonchev–Trinajstić information content (AvgIpc) is 2.67. The number of nitro benzene ring substituents is 1. The minimum atomic E-state index is -0.404. The van der Waals surface area contributed by atoms with Gasteiger partial charge >= 0.3 is 0 Å². The van der Waals surface area contributed by atoms with Gasteiger partial charge < -0.3 is 15.2 Å². The number of benzene rings is 2. The van der Waals surface area contributed by atoms with Crippen molar-refractivity contribution in [3.8, 4) is 0 Å². The van der Waals surface area contributed by atoms with E-state index in [2.05, 4.69) is 36.5 Å². The van der Waals surface area contributed by atoms with Crippen molar-refractivity contribution in [2.45, 2.75) is 32.5 Å². The summed E-state index contributed by atoms with van der Waals surface area (Å²) in [6.07, 6.45) is 1.96. The van der Waals surface area contributed by atoms with Crippen molar-refractivity contribution in [2.24, 2.45) is 5.92 Å². The lowest BCUT2D eigenvalue weighted by atomic mass is 9.89. The molecule has 6 heteroatoms. The third-order valence-corrected chi connectivity index (χ3v) is 4.85. The van der Waals surface area contributed by atoms with Crippen LogP contribution in [-0.4, -0.2) is 23.2 Å². The van der Waals surface area contributed by atoms with Gasteiger partial charge in [-0.15, -0.1) is 0 Å². The zero-order valence-electron chi connectivity index (χ0n) is 14.9. The van der Waals surface area contributed by atoms with Crippen molar-refractivity contribution in [3.05, 3.63) is 69.3 Å². The summed E-state index contributed by atoms with van der Waals surface area (Å²) >= 11 is 0. The second-order valence-electron chi connectivity index (χ2n) is 6.75. The molecular formula is C20H24N2O4. The molecule has 1 heterocycles. The second kappa shape index (κ2) is 8.29. The van der Waals surface area contributed by atoms with Crippen molar-refractivity contribution in [1.82, 2.24) is 0 Å². The summed E-state index contributed by atoms with van der Waals surface area (Å²) in [5.74, 6) is 0.226. The summed E-state index contributed by atoms with van der Waals surface area (Å²) in [6.45, 7) is 3.21. The lowest BCUT2D eigenvalue weighted by Crippen LogP contribution is -2.28. The van der Waals surface area contributed by atoms with Gasteiger partial charge in [-0.25, -0.2) is 0 Å². The monoisotopic (exact) mass is 356 g/mol. The Morgan fingerprint density at radius 3 is 2.73 bits per heavy atom. The van der Waals surface area contributed by atoms with Crippen molar-refractivity contribution >= 4 is 11.4 Å². The summed E-state index contributed by atoms with van der Waals surface area (Å²) in [5, 5.41) is 23.8. The minimum Gasteiger partial charge on any atom is -0.392 e. The maximum absolute atomic E-state index is 11.3. The molecule has 3 rings (SSSR count). The molecule has 1 fully saturated rings. The molecule has 2 N–H and O–H groups in total. The standard InChI is InChI=1S/C20H24N2O4/c1-14-4-7-16(8-5-14)20-17(3-2-10-26-20)12-21-18-11-15(13-23)6-9-19(18)22(24)25/h4-9,11,17,20-21,23H,2-3,10,12-13H2,1H3. The molecule has 1 aliphatic rings. The number of nitro groups is 1. The number of anilines is 1. The predicted molar refractivity (Wildman–Crippen MR) is 100 cm³/mol. The van der Waals surface area contributed by atoms with E-state index in [9.17, 15) is 15.2 Å². The van der Waals surface area contributed by atoms with Crippen molar-refractivity contribution < 1.29 is 14.8 Å². The Labute approximate surface area is 153 Å². The predicted octanol–water partition coefficient (Wildman–Crippen LogP) is 3.98. The molecule has 1 saturated heterocycles. The van der Waals surface area contributed by atoms with Crippen molar-refractivity contribution in [1.29, 1.82) is 0 Å². The average molecular weight is 356 g/mol. The number of ether oxygens (including phenoxy) is 1. The van der Waals surface area contributed by atoms with E-state index in [0.29, 0.717) is 17.8 Å². The molecule has 2 unspecified atom stereocenters. The van der Waals surface area contributed by atoms with Crippen LogP contribution in [0.5, 0.6) is 0 Å². The van der Waals surface area contributed by atoms with Crippen LogP contribution < -0.4 is 5.32 Å². The third kappa shape index (κ3) is 4.20. The van der Waals surface area contributed by atoms with Crippen molar-refractivity contribution in [2.75, 3.05) is 18.5 Å². The summed E-state index contributed by atoms with van der Waals surface area (Å²) in [5.41, 5.74) is 3.45. The van der Waals surface area contributed by atoms with E-state index in [1.165, 1.54) is 11.6 Å². The van der Waals surface area contributed by atoms with Crippen LogP contribution in [0.25, 0.3) is 0 Å². The number of aryl methyl sites for hydroxylation is 1. The van der Waals surface area contributed by atoms with Crippen LogP contribution in [0.2, 0.25) is 0 Å². The van der Waals surface area contributed by atoms with Gasteiger partial charge in [0.2, 0.25) is 0 Å².